The zero-order chi connectivity index (χ0) is 26.1. The number of aliphatic carboxylic acids is 1. The monoisotopic (exact) mass is 488 g/mol. The van der Waals surface area contributed by atoms with Crippen LogP contribution in [0.3, 0.4) is 0 Å². The molecule has 4 aliphatic rings. The summed E-state index contributed by atoms with van der Waals surface area (Å²) < 4.78 is 0. The van der Waals surface area contributed by atoms with Gasteiger partial charge in [-0.2, -0.15) is 0 Å². The first-order valence-electron chi connectivity index (χ1n) is 13.4. The highest BCUT2D eigenvalue weighted by molar-refractivity contribution is 5.99. The van der Waals surface area contributed by atoms with E-state index >= 15 is 0 Å². The van der Waals surface area contributed by atoms with Crippen molar-refractivity contribution in [1.82, 2.24) is 0 Å². The van der Waals surface area contributed by atoms with E-state index in [1.165, 1.54) is 0 Å². The summed E-state index contributed by atoms with van der Waals surface area (Å²) in [6.45, 7) is 13.8. The Balaban J connectivity index is 1.62. The Morgan fingerprint density at radius 1 is 1.14 bits per heavy atom. The normalized spacial score (nSPS) is 44.8. The molecule has 0 aromatic rings. The molecule has 10 atom stereocenters. The van der Waals surface area contributed by atoms with Crippen molar-refractivity contribution in [3.63, 3.8) is 0 Å². The molecule has 6 nitrogen and oxygen atoms in total. The molecule has 2 fully saturated rings. The third-order valence-corrected chi connectivity index (χ3v) is 11.0. The van der Waals surface area contributed by atoms with Crippen LogP contribution >= 0.6 is 0 Å². The molecule has 35 heavy (non-hydrogen) atoms. The molecule has 2 saturated carbocycles. The van der Waals surface area contributed by atoms with Crippen LogP contribution in [0.15, 0.2) is 23.3 Å². The van der Waals surface area contributed by atoms with Crippen LogP contribution < -0.4 is 0 Å². The topological polar surface area (TPSA) is 115 Å². The fourth-order valence-corrected chi connectivity index (χ4v) is 8.71. The summed E-state index contributed by atoms with van der Waals surface area (Å²) >= 11 is 0. The average Bonchev–Trinajstić information content (AvgIpc) is 3.12. The van der Waals surface area contributed by atoms with Crippen molar-refractivity contribution in [2.45, 2.75) is 104 Å². The number of carbonyl (C=O) groups excluding carboxylic acids is 1. The van der Waals surface area contributed by atoms with Gasteiger partial charge in [0.25, 0.3) is 0 Å². The molecule has 0 aromatic heterocycles. The molecule has 0 aromatic carbocycles. The van der Waals surface area contributed by atoms with Gasteiger partial charge in [0, 0.05) is 23.3 Å². The molecule has 6 heteroatoms. The second kappa shape index (κ2) is 8.81. The molecule has 0 amide bonds. The van der Waals surface area contributed by atoms with E-state index in [1.54, 1.807) is 13.8 Å². The highest BCUT2D eigenvalue weighted by Gasteiger charge is 2.63. The van der Waals surface area contributed by atoms with E-state index in [1.807, 2.05) is 0 Å². The van der Waals surface area contributed by atoms with Crippen molar-refractivity contribution in [2.24, 2.45) is 40.4 Å². The Morgan fingerprint density at radius 3 is 2.43 bits per heavy atom. The Hall–Kier alpha value is -1.50. The zero-order valence-electron chi connectivity index (χ0n) is 22.0. The number of carboxylic acid groups (broad SMARTS) is 1. The van der Waals surface area contributed by atoms with Crippen LogP contribution in [0.1, 0.15) is 86.0 Å². The molecule has 0 spiro atoms. The predicted octanol–water partition coefficient (Wildman–Crippen LogP) is 4.27. The van der Waals surface area contributed by atoms with E-state index in [0.717, 1.165) is 36.0 Å². The lowest BCUT2D eigenvalue weighted by Gasteiger charge is -2.59. The Morgan fingerprint density at radius 2 is 1.80 bits per heavy atom. The van der Waals surface area contributed by atoms with Gasteiger partial charge >= 0.3 is 5.97 Å². The third-order valence-electron chi connectivity index (χ3n) is 11.0. The van der Waals surface area contributed by atoms with Crippen molar-refractivity contribution in [1.29, 1.82) is 0 Å². The maximum atomic E-state index is 13.9. The van der Waals surface area contributed by atoms with E-state index in [0.29, 0.717) is 43.9 Å². The Bertz CT molecular complexity index is 949. The van der Waals surface area contributed by atoms with E-state index in [2.05, 4.69) is 27.4 Å². The van der Waals surface area contributed by atoms with Gasteiger partial charge in [0.1, 0.15) is 0 Å². The Kier molecular flexibility index (Phi) is 6.69. The lowest BCUT2D eigenvalue weighted by atomic mass is 9.47. The van der Waals surface area contributed by atoms with Crippen molar-refractivity contribution in [3.8, 4) is 0 Å². The SMILES string of the molecule is C=C(CC[C@@H](C)C1CCC2C3=C(C(=O)C[C@@]21C)[C@@]1(C)CC[C@@H](O)[C@](C)(O)C1C[C@@H]3O)[C@@H](C)C(=O)O. The van der Waals surface area contributed by atoms with E-state index < -0.39 is 35.1 Å². The van der Waals surface area contributed by atoms with Crippen molar-refractivity contribution < 1.29 is 30.0 Å². The zero-order valence-corrected chi connectivity index (χ0v) is 22.0. The van der Waals surface area contributed by atoms with Crippen molar-refractivity contribution in [2.75, 3.05) is 0 Å². The molecule has 0 aliphatic heterocycles. The smallest absolute Gasteiger partial charge is 0.310 e. The van der Waals surface area contributed by atoms with E-state index in [-0.39, 0.29) is 23.0 Å². The van der Waals surface area contributed by atoms with E-state index in [9.17, 15) is 30.0 Å². The lowest BCUT2D eigenvalue weighted by molar-refractivity contribution is -0.174. The van der Waals surface area contributed by atoms with Gasteiger partial charge in [0.15, 0.2) is 5.78 Å². The summed E-state index contributed by atoms with van der Waals surface area (Å²) in [6.07, 6.45) is 3.68. The fourth-order valence-electron chi connectivity index (χ4n) is 8.71. The average molecular weight is 489 g/mol. The van der Waals surface area contributed by atoms with Crippen LogP contribution in [-0.4, -0.2) is 50.0 Å². The summed E-state index contributed by atoms with van der Waals surface area (Å²) in [6, 6.07) is 0. The number of hydrogen-bond donors (Lipinski definition) is 4. The number of Topliss-reactive ketones (excluding diaryl/α,β-unsaturated/α-hetero) is 1. The standard InChI is InChI=1S/C29H44O6/c1-15(17(3)26(33)34)7-8-16(2)18-9-10-19-24-20(30)13-22-27(4,12-11-23(32)29(22,6)35)25(24)21(31)14-28(18,19)5/h16-20,22-23,30,32,35H,1,7-14H2,2-6H3,(H,33,34)/t16-,17-,18?,19?,20+,22?,23-,27+,28-,29-/m1/s1. The van der Waals surface area contributed by atoms with Gasteiger partial charge in [-0.1, -0.05) is 32.9 Å². The van der Waals surface area contributed by atoms with Gasteiger partial charge < -0.3 is 20.4 Å². The number of hydrogen-bond acceptors (Lipinski definition) is 5. The number of carboxylic acids is 1. The van der Waals surface area contributed by atoms with Gasteiger partial charge in [0.05, 0.1) is 23.7 Å². The fraction of sp³-hybridized carbons (Fsp3) is 0.793. The minimum Gasteiger partial charge on any atom is -0.481 e. The second-order valence-corrected chi connectivity index (χ2v) is 12.9. The predicted molar refractivity (Wildman–Crippen MR) is 133 cm³/mol. The first-order chi connectivity index (χ1) is 16.2. The first kappa shape index (κ1) is 26.6. The van der Waals surface area contributed by atoms with Crippen LogP contribution in [0, 0.1) is 40.4 Å². The van der Waals surface area contributed by atoms with Gasteiger partial charge in [-0.3, -0.25) is 9.59 Å². The lowest BCUT2D eigenvalue weighted by Crippen LogP contribution is -2.61. The molecule has 0 bridgehead atoms. The van der Waals surface area contributed by atoms with Gasteiger partial charge in [-0.15, -0.1) is 0 Å². The molecule has 3 unspecified atom stereocenters. The highest BCUT2D eigenvalue weighted by atomic mass is 16.4. The quantitative estimate of drug-likeness (QED) is 0.415. The minimum absolute atomic E-state index is 0.0974. The molecule has 0 radical (unpaired) electrons. The molecule has 0 heterocycles. The minimum atomic E-state index is -1.34. The number of fused-ring (bicyclic) bond motifs is 4. The first-order valence-corrected chi connectivity index (χ1v) is 13.4. The maximum Gasteiger partial charge on any atom is 0.310 e. The molecule has 4 N–H and O–H groups in total. The number of rotatable bonds is 6. The maximum absolute atomic E-state index is 13.9. The number of allylic oxidation sites excluding steroid dienone is 1. The molecular formula is C29H44O6. The van der Waals surface area contributed by atoms with Crippen LogP contribution in [0.2, 0.25) is 0 Å². The molecule has 4 aliphatic carbocycles. The second-order valence-electron chi connectivity index (χ2n) is 12.9. The molecular weight excluding hydrogens is 444 g/mol. The summed E-state index contributed by atoms with van der Waals surface area (Å²) in [7, 11) is 0. The van der Waals surface area contributed by atoms with Crippen LogP contribution in [0.5, 0.6) is 0 Å². The molecule has 4 rings (SSSR count). The summed E-state index contributed by atoms with van der Waals surface area (Å²) in [4.78, 5) is 25.2. The van der Waals surface area contributed by atoms with E-state index in [4.69, 9.17) is 0 Å². The number of ketones is 1. The summed E-state index contributed by atoms with van der Waals surface area (Å²) in [5.41, 5.74) is 0.277. The van der Waals surface area contributed by atoms with Gasteiger partial charge in [-0.05, 0) is 87.5 Å². The summed E-state index contributed by atoms with van der Waals surface area (Å²) in [5.74, 6) is -0.914. The molecule has 196 valence electrons. The van der Waals surface area contributed by atoms with Gasteiger partial charge in [0.2, 0.25) is 0 Å². The number of carbonyl (C=O) groups is 2. The van der Waals surface area contributed by atoms with Crippen LogP contribution in [-0.2, 0) is 9.59 Å². The third kappa shape index (κ3) is 3.95. The Labute approximate surface area is 209 Å². The van der Waals surface area contributed by atoms with Crippen LogP contribution in [0.25, 0.3) is 0 Å². The van der Waals surface area contributed by atoms with Crippen molar-refractivity contribution >= 4 is 11.8 Å². The van der Waals surface area contributed by atoms with Crippen LogP contribution in [0.4, 0.5) is 0 Å². The largest absolute Gasteiger partial charge is 0.481 e. The number of aliphatic hydroxyl groups excluding tert-OH is 2. The van der Waals surface area contributed by atoms with Gasteiger partial charge in [-0.25, -0.2) is 0 Å². The number of aliphatic hydroxyl groups is 3. The molecule has 0 saturated heterocycles. The highest BCUT2D eigenvalue weighted by Crippen LogP contribution is 2.66. The van der Waals surface area contributed by atoms with Crippen molar-refractivity contribution in [3.05, 3.63) is 23.3 Å². The summed E-state index contributed by atoms with van der Waals surface area (Å²) in [5, 5.41) is 42.4.